The zero-order valence-electron chi connectivity index (χ0n) is 11.2. The van der Waals surface area contributed by atoms with Gasteiger partial charge in [0.15, 0.2) is 0 Å². The third-order valence-corrected chi connectivity index (χ3v) is 4.31. The van der Waals surface area contributed by atoms with E-state index in [1.165, 1.54) is 0 Å². The number of hydrogen-bond donors (Lipinski definition) is 3. The fourth-order valence-corrected chi connectivity index (χ4v) is 2.82. The first-order valence-corrected chi connectivity index (χ1v) is 7.41. The molecule has 1 aliphatic rings. The van der Waals surface area contributed by atoms with Crippen LogP contribution in [0.1, 0.15) is 24.8 Å². The lowest BCUT2D eigenvalue weighted by Crippen LogP contribution is -2.29. The van der Waals surface area contributed by atoms with Gasteiger partial charge in [-0.3, -0.25) is 0 Å². The van der Waals surface area contributed by atoms with E-state index in [2.05, 4.69) is 10.5 Å². The van der Waals surface area contributed by atoms with Gasteiger partial charge in [-0.15, -0.1) is 0 Å². The van der Waals surface area contributed by atoms with E-state index in [0.717, 1.165) is 37.9 Å². The summed E-state index contributed by atoms with van der Waals surface area (Å²) in [6.45, 7) is 1.73. The molecule has 1 aromatic rings. The molecular formula is C14H19Cl2N3O. The van der Waals surface area contributed by atoms with Gasteiger partial charge in [-0.25, -0.2) is 0 Å². The Morgan fingerprint density at radius 1 is 1.40 bits per heavy atom. The minimum absolute atomic E-state index is 0.181. The number of halogens is 2. The molecule has 1 aromatic carbocycles. The number of hydrogen-bond acceptors (Lipinski definition) is 3. The average molecular weight is 316 g/mol. The van der Waals surface area contributed by atoms with Gasteiger partial charge in [-0.05, 0) is 48.9 Å². The van der Waals surface area contributed by atoms with E-state index < -0.39 is 0 Å². The molecule has 0 atom stereocenters. The smallest absolute Gasteiger partial charge is 0.139 e. The summed E-state index contributed by atoms with van der Waals surface area (Å²) in [6.07, 6.45) is 3.75. The van der Waals surface area contributed by atoms with Gasteiger partial charge in [0.05, 0.1) is 0 Å². The van der Waals surface area contributed by atoms with Crippen LogP contribution in [-0.2, 0) is 6.42 Å². The van der Waals surface area contributed by atoms with Crippen LogP contribution in [0.15, 0.2) is 23.4 Å². The minimum Gasteiger partial charge on any atom is -0.409 e. The van der Waals surface area contributed by atoms with Crippen LogP contribution in [0.25, 0.3) is 0 Å². The van der Waals surface area contributed by atoms with Crippen LogP contribution < -0.4 is 11.1 Å². The number of nitrogens with zero attached hydrogens (tertiary/aromatic N) is 1. The molecule has 20 heavy (non-hydrogen) atoms. The Labute approximate surface area is 128 Å². The van der Waals surface area contributed by atoms with E-state index in [4.69, 9.17) is 34.1 Å². The highest BCUT2D eigenvalue weighted by atomic mass is 35.5. The molecule has 0 unspecified atom stereocenters. The van der Waals surface area contributed by atoms with Crippen LogP contribution in [0, 0.1) is 5.41 Å². The highest BCUT2D eigenvalue weighted by Crippen LogP contribution is 2.48. The number of rotatable bonds is 7. The number of benzene rings is 1. The molecule has 0 saturated heterocycles. The topological polar surface area (TPSA) is 70.6 Å². The third kappa shape index (κ3) is 4.27. The Morgan fingerprint density at radius 2 is 2.15 bits per heavy atom. The molecule has 0 radical (unpaired) electrons. The molecule has 1 saturated carbocycles. The zero-order chi connectivity index (χ0) is 14.6. The first-order valence-electron chi connectivity index (χ1n) is 6.66. The van der Waals surface area contributed by atoms with Crippen molar-refractivity contribution in [2.24, 2.45) is 16.3 Å². The summed E-state index contributed by atoms with van der Waals surface area (Å²) in [5, 5.41) is 16.4. The van der Waals surface area contributed by atoms with Crippen LogP contribution in [-0.4, -0.2) is 24.1 Å². The molecule has 0 heterocycles. The number of nitrogens with two attached hydrogens (primary N) is 1. The van der Waals surface area contributed by atoms with Crippen LogP contribution in [0.2, 0.25) is 10.0 Å². The van der Waals surface area contributed by atoms with Crippen LogP contribution in [0.5, 0.6) is 0 Å². The van der Waals surface area contributed by atoms with Crippen LogP contribution in [0.3, 0.4) is 0 Å². The Hall–Kier alpha value is -0.970. The van der Waals surface area contributed by atoms with Crippen molar-refractivity contribution in [2.45, 2.75) is 25.7 Å². The second kappa shape index (κ2) is 6.66. The molecule has 1 fully saturated rings. The van der Waals surface area contributed by atoms with Crippen molar-refractivity contribution in [2.75, 3.05) is 13.1 Å². The van der Waals surface area contributed by atoms with E-state index >= 15 is 0 Å². The Kier molecular flexibility index (Phi) is 5.13. The lowest BCUT2D eigenvalue weighted by atomic mass is 10.0. The molecule has 0 spiro atoms. The number of oxime groups is 1. The highest BCUT2D eigenvalue weighted by Gasteiger charge is 2.42. The summed E-state index contributed by atoms with van der Waals surface area (Å²) in [5.74, 6) is 0.310. The fraction of sp³-hybridized carbons (Fsp3) is 0.500. The normalized spacial score (nSPS) is 17.2. The molecule has 110 valence electrons. The Balaban J connectivity index is 1.74. The Bertz CT molecular complexity index is 501. The summed E-state index contributed by atoms with van der Waals surface area (Å²) < 4.78 is 0. The largest absolute Gasteiger partial charge is 0.409 e. The maximum Gasteiger partial charge on any atom is 0.139 e. The van der Waals surface area contributed by atoms with Gasteiger partial charge < -0.3 is 16.3 Å². The SMILES string of the molecule is NC(CC1(CNCCc2ccc(Cl)cc2Cl)CC1)=NO. The minimum atomic E-state index is 0.181. The standard InChI is InChI=1S/C14H19Cl2N3O/c15-11-2-1-10(12(16)7-11)3-6-18-9-14(4-5-14)8-13(17)19-20/h1-2,7,18,20H,3-6,8-9H2,(H2,17,19). The van der Waals surface area contributed by atoms with Crippen molar-refractivity contribution < 1.29 is 5.21 Å². The quantitative estimate of drug-likeness (QED) is 0.238. The monoisotopic (exact) mass is 315 g/mol. The van der Waals surface area contributed by atoms with E-state index in [9.17, 15) is 0 Å². The summed E-state index contributed by atoms with van der Waals surface area (Å²) >= 11 is 12.0. The second-order valence-electron chi connectivity index (χ2n) is 5.43. The van der Waals surface area contributed by atoms with Crippen LogP contribution in [0.4, 0.5) is 0 Å². The lowest BCUT2D eigenvalue weighted by molar-refractivity contribution is 0.314. The fourth-order valence-electron chi connectivity index (χ4n) is 2.31. The molecule has 0 bridgehead atoms. The summed E-state index contributed by atoms with van der Waals surface area (Å²) in [7, 11) is 0. The van der Waals surface area contributed by atoms with Gasteiger partial charge in [0.2, 0.25) is 0 Å². The first-order chi connectivity index (χ1) is 9.54. The molecule has 0 amide bonds. The molecule has 4 N–H and O–H groups in total. The van der Waals surface area contributed by atoms with E-state index in [0.29, 0.717) is 22.3 Å². The molecule has 2 rings (SSSR count). The zero-order valence-corrected chi connectivity index (χ0v) is 12.7. The summed E-state index contributed by atoms with van der Waals surface area (Å²) in [4.78, 5) is 0. The van der Waals surface area contributed by atoms with Gasteiger partial charge in [0.1, 0.15) is 5.84 Å². The van der Waals surface area contributed by atoms with Crippen molar-refractivity contribution in [1.82, 2.24) is 5.32 Å². The molecule has 0 aliphatic heterocycles. The van der Waals surface area contributed by atoms with Gasteiger partial charge in [0.25, 0.3) is 0 Å². The molecular weight excluding hydrogens is 297 g/mol. The predicted octanol–water partition coefficient (Wildman–Crippen LogP) is 3.04. The molecule has 1 aliphatic carbocycles. The van der Waals surface area contributed by atoms with E-state index in [1.807, 2.05) is 12.1 Å². The number of amidine groups is 1. The van der Waals surface area contributed by atoms with Crippen LogP contribution >= 0.6 is 23.2 Å². The van der Waals surface area contributed by atoms with Crippen molar-refractivity contribution in [3.05, 3.63) is 33.8 Å². The maximum absolute atomic E-state index is 8.62. The summed E-state index contributed by atoms with van der Waals surface area (Å²) in [5.41, 5.74) is 6.84. The second-order valence-corrected chi connectivity index (χ2v) is 6.27. The van der Waals surface area contributed by atoms with Gasteiger partial charge >= 0.3 is 0 Å². The van der Waals surface area contributed by atoms with E-state index in [-0.39, 0.29) is 5.41 Å². The predicted molar refractivity (Wildman–Crippen MR) is 82.7 cm³/mol. The van der Waals surface area contributed by atoms with E-state index in [1.54, 1.807) is 6.07 Å². The van der Waals surface area contributed by atoms with Gasteiger partial charge in [-0.1, -0.05) is 34.4 Å². The first kappa shape index (κ1) is 15.4. The molecule has 0 aromatic heterocycles. The number of nitrogens with one attached hydrogen (secondary N) is 1. The molecule has 4 nitrogen and oxygen atoms in total. The highest BCUT2D eigenvalue weighted by molar-refractivity contribution is 6.35. The van der Waals surface area contributed by atoms with Crippen molar-refractivity contribution in [1.29, 1.82) is 0 Å². The summed E-state index contributed by atoms with van der Waals surface area (Å²) in [6, 6.07) is 5.57. The van der Waals surface area contributed by atoms with Crippen molar-refractivity contribution >= 4 is 29.0 Å². The van der Waals surface area contributed by atoms with Crippen molar-refractivity contribution in [3.8, 4) is 0 Å². The van der Waals surface area contributed by atoms with Gasteiger partial charge in [-0.2, -0.15) is 0 Å². The maximum atomic E-state index is 8.62. The average Bonchev–Trinajstić information content (AvgIpc) is 3.16. The van der Waals surface area contributed by atoms with Gasteiger partial charge in [0, 0.05) is 23.0 Å². The third-order valence-electron chi connectivity index (χ3n) is 3.73. The lowest BCUT2D eigenvalue weighted by Gasteiger charge is -2.15. The molecule has 6 heteroatoms. The van der Waals surface area contributed by atoms with Crippen molar-refractivity contribution in [3.63, 3.8) is 0 Å². The Morgan fingerprint density at radius 3 is 2.75 bits per heavy atom.